The molecule has 0 aliphatic carbocycles. The maximum absolute atomic E-state index is 12.9. The number of carbonyl (C=O) groups is 2. The first-order valence-corrected chi connectivity index (χ1v) is 9.02. The average molecular weight is 419 g/mol. The molecule has 1 N–H and O–H groups in total. The number of nitrogens with zero attached hydrogens (tertiary/aromatic N) is 1. The van der Waals surface area contributed by atoms with Crippen molar-refractivity contribution in [3.05, 3.63) is 32.9 Å². The summed E-state index contributed by atoms with van der Waals surface area (Å²) in [4.78, 5) is 25.9. The summed E-state index contributed by atoms with van der Waals surface area (Å²) in [6.45, 7) is 4.00. The Morgan fingerprint density at radius 3 is 2.81 bits per heavy atom. The molecule has 0 aromatic heterocycles. The molecule has 1 aliphatic heterocycles. The number of thioether (sulfide) groups is 1. The number of aryl methyl sites for hydroxylation is 1. The predicted octanol–water partition coefficient (Wildman–Crippen LogP) is 3.37. The molecular weight excluding hydrogens is 401 g/mol. The standard InChI is InChI=1S/C15H18INO3S/c1-3-5-12-17(11(8-21-12)15(19)20)14(18)10-7-4-6-9(2)13(10)16/h4,6-7,11-12H,3,5,8H2,1-2H3,(H,19,20). The molecule has 1 amide bonds. The number of benzene rings is 1. The predicted molar refractivity (Wildman–Crippen MR) is 92.6 cm³/mol. The zero-order valence-corrected chi connectivity index (χ0v) is 15.0. The van der Waals surface area contributed by atoms with Gasteiger partial charge in [-0.05, 0) is 47.6 Å². The van der Waals surface area contributed by atoms with Crippen molar-refractivity contribution >= 4 is 46.2 Å². The van der Waals surface area contributed by atoms with Crippen LogP contribution in [0.15, 0.2) is 18.2 Å². The molecule has 1 aromatic carbocycles. The second-order valence-electron chi connectivity index (χ2n) is 5.08. The van der Waals surface area contributed by atoms with Crippen molar-refractivity contribution in [1.82, 2.24) is 4.90 Å². The van der Waals surface area contributed by atoms with E-state index in [1.165, 1.54) is 0 Å². The van der Waals surface area contributed by atoms with Crippen LogP contribution in [-0.4, -0.2) is 39.1 Å². The number of hydrogen-bond acceptors (Lipinski definition) is 3. The van der Waals surface area contributed by atoms with Crippen LogP contribution < -0.4 is 0 Å². The monoisotopic (exact) mass is 419 g/mol. The summed E-state index contributed by atoms with van der Waals surface area (Å²) in [5, 5.41) is 9.34. The van der Waals surface area contributed by atoms with Gasteiger partial charge in [-0.2, -0.15) is 0 Å². The molecule has 0 bridgehead atoms. The molecule has 0 spiro atoms. The van der Waals surface area contributed by atoms with Crippen molar-refractivity contribution in [2.24, 2.45) is 0 Å². The van der Waals surface area contributed by atoms with Crippen molar-refractivity contribution in [2.75, 3.05) is 5.75 Å². The molecule has 2 unspecified atom stereocenters. The Kier molecular flexibility index (Phi) is 5.54. The Hall–Kier alpha value is -0.760. The van der Waals surface area contributed by atoms with Crippen LogP contribution in [0, 0.1) is 10.5 Å². The number of carboxylic acids is 1. The van der Waals surface area contributed by atoms with E-state index in [9.17, 15) is 14.7 Å². The summed E-state index contributed by atoms with van der Waals surface area (Å²) >= 11 is 3.72. The van der Waals surface area contributed by atoms with Crippen LogP contribution in [0.2, 0.25) is 0 Å². The van der Waals surface area contributed by atoms with E-state index in [-0.39, 0.29) is 11.3 Å². The van der Waals surface area contributed by atoms with E-state index < -0.39 is 12.0 Å². The van der Waals surface area contributed by atoms with Gasteiger partial charge in [-0.25, -0.2) is 4.79 Å². The third kappa shape index (κ3) is 3.36. The van der Waals surface area contributed by atoms with E-state index in [1.807, 2.05) is 26.0 Å². The number of carboxylic acid groups (broad SMARTS) is 1. The third-order valence-electron chi connectivity index (χ3n) is 3.57. The first-order chi connectivity index (χ1) is 9.97. The maximum Gasteiger partial charge on any atom is 0.327 e. The molecule has 1 aromatic rings. The van der Waals surface area contributed by atoms with Gasteiger partial charge in [-0.3, -0.25) is 4.79 Å². The van der Waals surface area contributed by atoms with Crippen molar-refractivity contribution in [2.45, 2.75) is 38.1 Å². The Labute approximate surface area is 142 Å². The quantitative estimate of drug-likeness (QED) is 0.761. The summed E-state index contributed by atoms with van der Waals surface area (Å²) in [5.41, 5.74) is 1.64. The van der Waals surface area contributed by atoms with Gasteiger partial charge in [0, 0.05) is 9.32 Å². The van der Waals surface area contributed by atoms with Crippen LogP contribution in [0.25, 0.3) is 0 Å². The Morgan fingerprint density at radius 2 is 2.19 bits per heavy atom. The second-order valence-corrected chi connectivity index (χ2v) is 7.37. The molecule has 21 heavy (non-hydrogen) atoms. The largest absolute Gasteiger partial charge is 0.480 e. The Bertz CT molecular complexity index is 564. The van der Waals surface area contributed by atoms with Crippen LogP contribution >= 0.6 is 34.4 Å². The minimum Gasteiger partial charge on any atom is -0.480 e. The number of rotatable bonds is 4. The summed E-state index contributed by atoms with van der Waals surface area (Å²) in [6.07, 6.45) is 1.75. The van der Waals surface area contributed by atoms with Crippen LogP contribution in [0.4, 0.5) is 0 Å². The lowest BCUT2D eigenvalue weighted by atomic mass is 10.1. The van der Waals surface area contributed by atoms with Crippen molar-refractivity contribution in [3.63, 3.8) is 0 Å². The van der Waals surface area contributed by atoms with Gasteiger partial charge in [0.25, 0.3) is 5.91 Å². The molecule has 1 saturated heterocycles. The van der Waals surface area contributed by atoms with E-state index in [0.29, 0.717) is 11.3 Å². The summed E-state index contributed by atoms with van der Waals surface area (Å²) in [7, 11) is 0. The lowest BCUT2D eigenvalue weighted by Crippen LogP contribution is -2.45. The number of amides is 1. The highest BCUT2D eigenvalue weighted by molar-refractivity contribution is 14.1. The van der Waals surface area contributed by atoms with Gasteiger partial charge in [0.2, 0.25) is 0 Å². The van der Waals surface area contributed by atoms with Crippen LogP contribution in [0.1, 0.15) is 35.7 Å². The van der Waals surface area contributed by atoms with Gasteiger partial charge in [-0.15, -0.1) is 11.8 Å². The molecule has 6 heteroatoms. The smallest absolute Gasteiger partial charge is 0.327 e. The molecule has 0 radical (unpaired) electrons. The molecule has 114 valence electrons. The summed E-state index contributed by atoms with van der Waals surface area (Å²) in [6, 6.07) is 4.85. The lowest BCUT2D eigenvalue weighted by molar-refractivity contribution is -0.141. The summed E-state index contributed by atoms with van der Waals surface area (Å²) < 4.78 is 0.899. The van der Waals surface area contributed by atoms with Gasteiger partial charge in [0.1, 0.15) is 6.04 Å². The van der Waals surface area contributed by atoms with E-state index in [0.717, 1.165) is 22.0 Å². The molecule has 1 heterocycles. The number of hydrogen-bond donors (Lipinski definition) is 1. The number of carbonyl (C=O) groups excluding carboxylic acids is 1. The molecule has 2 atom stereocenters. The first-order valence-electron chi connectivity index (χ1n) is 6.89. The Balaban J connectivity index is 2.37. The lowest BCUT2D eigenvalue weighted by Gasteiger charge is -2.27. The highest BCUT2D eigenvalue weighted by Crippen LogP contribution is 2.34. The van der Waals surface area contributed by atoms with Crippen molar-refractivity contribution < 1.29 is 14.7 Å². The number of halogens is 1. The highest BCUT2D eigenvalue weighted by Gasteiger charge is 2.41. The molecule has 4 nitrogen and oxygen atoms in total. The fraction of sp³-hybridized carbons (Fsp3) is 0.467. The van der Waals surface area contributed by atoms with Crippen molar-refractivity contribution in [3.8, 4) is 0 Å². The highest BCUT2D eigenvalue weighted by atomic mass is 127. The zero-order chi connectivity index (χ0) is 15.6. The summed E-state index contributed by atoms with van der Waals surface area (Å²) in [5.74, 6) is -0.621. The normalized spacial score (nSPS) is 21.6. The van der Waals surface area contributed by atoms with E-state index in [1.54, 1.807) is 22.7 Å². The fourth-order valence-electron chi connectivity index (χ4n) is 2.45. The van der Waals surface area contributed by atoms with Gasteiger partial charge < -0.3 is 10.0 Å². The maximum atomic E-state index is 12.9. The topological polar surface area (TPSA) is 57.6 Å². The molecule has 0 saturated carbocycles. The van der Waals surface area contributed by atoms with E-state index in [2.05, 4.69) is 22.6 Å². The van der Waals surface area contributed by atoms with Crippen LogP contribution in [0.5, 0.6) is 0 Å². The van der Waals surface area contributed by atoms with Gasteiger partial charge in [0.05, 0.1) is 10.9 Å². The van der Waals surface area contributed by atoms with Crippen LogP contribution in [0.3, 0.4) is 0 Å². The van der Waals surface area contributed by atoms with Gasteiger partial charge >= 0.3 is 5.97 Å². The molecule has 2 rings (SSSR count). The SMILES string of the molecule is CCCC1SCC(C(=O)O)N1C(=O)c1cccc(C)c1I. The van der Waals surface area contributed by atoms with E-state index >= 15 is 0 Å². The van der Waals surface area contributed by atoms with E-state index in [4.69, 9.17) is 0 Å². The second kappa shape index (κ2) is 7.00. The Morgan fingerprint density at radius 1 is 1.48 bits per heavy atom. The molecular formula is C15H18INO3S. The van der Waals surface area contributed by atoms with Gasteiger partial charge in [0.15, 0.2) is 0 Å². The van der Waals surface area contributed by atoms with Crippen molar-refractivity contribution in [1.29, 1.82) is 0 Å². The molecule has 1 aliphatic rings. The minimum absolute atomic E-state index is 0.0417. The average Bonchev–Trinajstić information content (AvgIpc) is 2.85. The van der Waals surface area contributed by atoms with Crippen LogP contribution in [-0.2, 0) is 4.79 Å². The zero-order valence-electron chi connectivity index (χ0n) is 12.0. The number of aliphatic carboxylic acids is 1. The third-order valence-corrected chi connectivity index (χ3v) is 6.36. The first kappa shape index (κ1) is 16.6. The van der Waals surface area contributed by atoms with Gasteiger partial charge in [-0.1, -0.05) is 25.5 Å². The minimum atomic E-state index is -0.919. The fourth-order valence-corrected chi connectivity index (χ4v) is 4.55. The molecule has 1 fully saturated rings.